The van der Waals surface area contributed by atoms with E-state index in [1.54, 1.807) is 11.0 Å². The van der Waals surface area contributed by atoms with Crippen molar-refractivity contribution in [3.05, 3.63) is 82.6 Å². The van der Waals surface area contributed by atoms with E-state index in [1.807, 2.05) is 67.8 Å². The predicted octanol–water partition coefficient (Wildman–Crippen LogP) is 5.01. The van der Waals surface area contributed by atoms with Crippen LogP contribution in [0.4, 0.5) is 0 Å². The van der Waals surface area contributed by atoms with Crippen molar-refractivity contribution in [3.63, 3.8) is 0 Å². The van der Waals surface area contributed by atoms with Gasteiger partial charge in [0.2, 0.25) is 0 Å². The minimum absolute atomic E-state index is 0.0446. The molecule has 2 aromatic heterocycles. The van der Waals surface area contributed by atoms with Gasteiger partial charge in [0.05, 0.1) is 16.8 Å². The van der Waals surface area contributed by atoms with Crippen LogP contribution in [0.5, 0.6) is 0 Å². The average Bonchev–Trinajstić information content (AvgIpc) is 3.26. The molecule has 4 rings (SSSR count). The highest BCUT2D eigenvalue weighted by molar-refractivity contribution is 7.22. The van der Waals surface area contributed by atoms with Gasteiger partial charge in [-0.15, -0.1) is 11.3 Å². The lowest BCUT2D eigenvalue weighted by atomic mass is 10.2. The molecule has 0 atom stereocenters. The molecule has 26 heavy (non-hydrogen) atoms. The number of carbonyl (C=O) groups excluding carboxylic acids is 1. The molecule has 0 spiro atoms. The Morgan fingerprint density at radius 1 is 1.15 bits per heavy atom. The van der Waals surface area contributed by atoms with E-state index in [-0.39, 0.29) is 5.91 Å². The number of hydrogen-bond donors (Lipinski definition) is 0. The van der Waals surface area contributed by atoms with Gasteiger partial charge in [0.15, 0.2) is 4.47 Å². The minimum Gasteiger partial charge on any atom is -0.336 e. The van der Waals surface area contributed by atoms with Crippen molar-refractivity contribution in [2.75, 3.05) is 7.05 Å². The van der Waals surface area contributed by atoms with Crippen molar-refractivity contribution in [3.8, 4) is 5.69 Å². The first kappa shape index (κ1) is 16.8. The first-order valence-corrected chi connectivity index (χ1v) is 9.34. The van der Waals surface area contributed by atoms with Crippen molar-refractivity contribution in [1.29, 1.82) is 0 Å². The molecule has 0 saturated carbocycles. The molecular formula is C20H16ClN3OS. The molecule has 0 N–H and O–H groups in total. The number of para-hydroxylation sites is 1. The fraction of sp³-hybridized carbons (Fsp3) is 0.100. The Kier molecular flexibility index (Phi) is 4.49. The van der Waals surface area contributed by atoms with Crippen molar-refractivity contribution < 1.29 is 4.79 Å². The van der Waals surface area contributed by atoms with Gasteiger partial charge in [-0.25, -0.2) is 4.98 Å². The fourth-order valence-electron chi connectivity index (χ4n) is 2.95. The standard InChI is InChI=1S/C20H16ClN3OS/c1-23(13-16-8-5-11-24(16)15-6-3-2-4-7-15)19(25)14-9-10-18-17(12-14)22-20(21)26-18/h2-12H,13H2,1H3. The Labute approximate surface area is 160 Å². The van der Waals surface area contributed by atoms with E-state index in [0.29, 0.717) is 16.6 Å². The predicted molar refractivity (Wildman–Crippen MR) is 106 cm³/mol. The summed E-state index contributed by atoms with van der Waals surface area (Å²) in [5.74, 6) is -0.0446. The number of halogens is 1. The number of carbonyl (C=O) groups is 1. The molecule has 0 radical (unpaired) electrons. The van der Waals surface area contributed by atoms with Crippen LogP contribution in [0.2, 0.25) is 4.47 Å². The van der Waals surface area contributed by atoms with Crippen LogP contribution >= 0.6 is 22.9 Å². The first-order valence-electron chi connectivity index (χ1n) is 8.15. The summed E-state index contributed by atoms with van der Waals surface area (Å²) in [6, 6.07) is 19.6. The number of rotatable bonds is 4. The van der Waals surface area contributed by atoms with Crippen LogP contribution in [0.25, 0.3) is 15.9 Å². The summed E-state index contributed by atoms with van der Waals surface area (Å²) in [6.45, 7) is 0.511. The summed E-state index contributed by atoms with van der Waals surface area (Å²) >= 11 is 7.37. The van der Waals surface area contributed by atoms with Crippen LogP contribution in [0, 0.1) is 0 Å². The summed E-state index contributed by atoms with van der Waals surface area (Å²) in [5.41, 5.74) is 3.49. The van der Waals surface area contributed by atoms with Crippen LogP contribution < -0.4 is 0 Å². The second-order valence-corrected chi connectivity index (χ2v) is 7.63. The summed E-state index contributed by atoms with van der Waals surface area (Å²) in [5, 5.41) is 0. The molecule has 4 nitrogen and oxygen atoms in total. The summed E-state index contributed by atoms with van der Waals surface area (Å²) < 4.78 is 3.55. The Morgan fingerprint density at radius 2 is 1.96 bits per heavy atom. The molecule has 0 saturated heterocycles. The Balaban J connectivity index is 1.57. The molecule has 130 valence electrons. The summed E-state index contributed by atoms with van der Waals surface area (Å²) in [7, 11) is 1.81. The van der Waals surface area contributed by atoms with Gasteiger partial charge in [-0.05, 0) is 42.5 Å². The van der Waals surface area contributed by atoms with Gasteiger partial charge in [-0.2, -0.15) is 0 Å². The topological polar surface area (TPSA) is 38.1 Å². The largest absolute Gasteiger partial charge is 0.336 e. The van der Waals surface area contributed by atoms with E-state index in [2.05, 4.69) is 9.55 Å². The van der Waals surface area contributed by atoms with Gasteiger partial charge < -0.3 is 9.47 Å². The quantitative estimate of drug-likeness (QED) is 0.498. The zero-order chi connectivity index (χ0) is 18.1. The van der Waals surface area contributed by atoms with E-state index in [9.17, 15) is 4.79 Å². The second kappa shape index (κ2) is 6.94. The number of aromatic nitrogens is 2. The van der Waals surface area contributed by atoms with E-state index in [4.69, 9.17) is 11.6 Å². The normalized spacial score (nSPS) is 11.0. The zero-order valence-corrected chi connectivity index (χ0v) is 15.7. The highest BCUT2D eigenvalue weighted by atomic mass is 35.5. The number of fused-ring (bicyclic) bond motifs is 1. The molecule has 0 aliphatic carbocycles. The summed E-state index contributed by atoms with van der Waals surface area (Å²) in [6.07, 6.45) is 2.01. The second-order valence-electron chi connectivity index (χ2n) is 6.02. The van der Waals surface area contributed by atoms with Gasteiger partial charge in [0.25, 0.3) is 5.91 Å². The van der Waals surface area contributed by atoms with Crippen LogP contribution in [0.1, 0.15) is 16.1 Å². The van der Waals surface area contributed by atoms with E-state index in [0.717, 1.165) is 21.6 Å². The minimum atomic E-state index is -0.0446. The molecule has 1 amide bonds. The monoisotopic (exact) mass is 381 g/mol. The van der Waals surface area contributed by atoms with Gasteiger partial charge in [0.1, 0.15) is 0 Å². The Bertz CT molecular complexity index is 1070. The van der Waals surface area contributed by atoms with Crippen LogP contribution in [0.3, 0.4) is 0 Å². The van der Waals surface area contributed by atoms with Gasteiger partial charge >= 0.3 is 0 Å². The molecule has 0 fully saturated rings. The van der Waals surface area contributed by atoms with Gasteiger partial charge in [0, 0.05) is 30.2 Å². The molecular weight excluding hydrogens is 366 g/mol. The molecule has 6 heteroatoms. The van der Waals surface area contributed by atoms with E-state index >= 15 is 0 Å². The molecule has 0 bridgehead atoms. The number of benzene rings is 2. The molecule has 2 heterocycles. The average molecular weight is 382 g/mol. The number of amides is 1. The highest BCUT2D eigenvalue weighted by Crippen LogP contribution is 2.26. The number of nitrogens with zero attached hydrogens (tertiary/aromatic N) is 3. The molecule has 4 aromatic rings. The third kappa shape index (κ3) is 3.23. The first-order chi connectivity index (χ1) is 12.6. The van der Waals surface area contributed by atoms with Gasteiger partial charge in [-0.3, -0.25) is 4.79 Å². The molecule has 2 aromatic carbocycles. The number of thiazole rings is 1. The van der Waals surface area contributed by atoms with Gasteiger partial charge in [-0.1, -0.05) is 29.8 Å². The van der Waals surface area contributed by atoms with E-state index in [1.165, 1.54) is 11.3 Å². The van der Waals surface area contributed by atoms with E-state index < -0.39 is 0 Å². The van der Waals surface area contributed by atoms with Crippen molar-refractivity contribution in [1.82, 2.24) is 14.5 Å². The maximum absolute atomic E-state index is 12.8. The fourth-order valence-corrected chi connectivity index (χ4v) is 3.96. The lowest BCUT2D eigenvalue weighted by molar-refractivity contribution is 0.0783. The smallest absolute Gasteiger partial charge is 0.254 e. The molecule has 0 aliphatic rings. The maximum Gasteiger partial charge on any atom is 0.254 e. The SMILES string of the molecule is CN(Cc1cccn1-c1ccccc1)C(=O)c1ccc2sc(Cl)nc2c1. The lowest BCUT2D eigenvalue weighted by Gasteiger charge is -2.19. The van der Waals surface area contributed by atoms with Crippen LogP contribution in [0.15, 0.2) is 66.9 Å². The molecule has 0 aliphatic heterocycles. The van der Waals surface area contributed by atoms with Crippen molar-refractivity contribution >= 4 is 39.1 Å². The van der Waals surface area contributed by atoms with Crippen LogP contribution in [-0.4, -0.2) is 27.4 Å². The zero-order valence-electron chi connectivity index (χ0n) is 14.1. The van der Waals surface area contributed by atoms with Crippen LogP contribution in [-0.2, 0) is 6.54 Å². The van der Waals surface area contributed by atoms with Crippen molar-refractivity contribution in [2.45, 2.75) is 6.54 Å². The third-order valence-electron chi connectivity index (χ3n) is 4.22. The van der Waals surface area contributed by atoms with Crippen molar-refractivity contribution in [2.24, 2.45) is 0 Å². The summed E-state index contributed by atoms with van der Waals surface area (Å²) in [4.78, 5) is 18.8. The number of hydrogen-bond acceptors (Lipinski definition) is 3. The Hall–Kier alpha value is -2.63. The lowest BCUT2D eigenvalue weighted by Crippen LogP contribution is -2.27. The molecule has 0 unspecified atom stereocenters. The third-order valence-corrected chi connectivity index (χ3v) is 5.36. The Morgan fingerprint density at radius 3 is 2.77 bits per heavy atom. The highest BCUT2D eigenvalue weighted by Gasteiger charge is 2.15. The maximum atomic E-state index is 12.8.